The number of hydrogen-bond acceptors (Lipinski definition) is 4. The van der Waals surface area contributed by atoms with Crippen LogP contribution in [0, 0.1) is 0 Å². The van der Waals surface area contributed by atoms with Crippen molar-refractivity contribution in [3.63, 3.8) is 0 Å². The van der Waals surface area contributed by atoms with Gasteiger partial charge < -0.3 is 22.9 Å². The summed E-state index contributed by atoms with van der Waals surface area (Å²) in [5.41, 5.74) is 24.1. The number of halogens is 3. The predicted octanol–water partition coefficient (Wildman–Crippen LogP) is 2.89. The van der Waals surface area contributed by atoms with Crippen molar-refractivity contribution in [1.29, 1.82) is 0 Å². The molecule has 0 amide bonds. The lowest BCUT2D eigenvalue weighted by Crippen LogP contribution is -2.58. The first kappa shape index (κ1) is 21.1. The van der Waals surface area contributed by atoms with Gasteiger partial charge in [0.1, 0.15) is 5.66 Å². The van der Waals surface area contributed by atoms with Crippen LogP contribution in [0.25, 0.3) is 22.8 Å². The van der Waals surface area contributed by atoms with Crippen LogP contribution >= 0.6 is 0 Å². The average molecular weight is 446 g/mol. The first-order chi connectivity index (χ1) is 15.6. The fourth-order valence-electron chi connectivity index (χ4n) is 4.72. The second kappa shape index (κ2) is 7.10. The van der Waals surface area contributed by atoms with Crippen molar-refractivity contribution in [1.82, 2.24) is 0 Å². The number of rotatable bonds is 2. The maximum absolute atomic E-state index is 14.7. The number of anilines is 2. The maximum atomic E-state index is 14.7. The lowest BCUT2D eigenvalue weighted by atomic mass is 9.72. The van der Waals surface area contributed by atoms with Gasteiger partial charge >= 0.3 is 6.18 Å². The Bertz CT molecular complexity index is 1460. The highest BCUT2D eigenvalue weighted by Crippen LogP contribution is 2.52. The van der Waals surface area contributed by atoms with E-state index in [4.69, 9.17) is 22.9 Å². The number of allylic oxidation sites excluding steroid dienone is 2. The zero-order chi connectivity index (χ0) is 23.5. The van der Waals surface area contributed by atoms with Gasteiger partial charge in [0.05, 0.1) is 5.57 Å². The Labute approximate surface area is 188 Å². The molecule has 7 heteroatoms. The van der Waals surface area contributed by atoms with Gasteiger partial charge in [0.2, 0.25) is 0 Å². The second-order valence-corrected chi connectivity index (χ2v) is 8.26. The maximum Gasteiger partial charge on any atom is 0.416 e. The van der Waals surface area contributed by atoms with Crippen molar-refractivity contribution in [3.05, 3.63) is 106 Å². The predicted molar refractivity (Wildman–Crippen MR) is 126 cm³/mol. The molecule has 0 saturated carbocycles. The summed E-state index contributed by atoms with van der Waals surface area (Å²) in [6.07, 6.45) is -2.95. The molecule has 0 radical (unpaired) electrons. The zero-order valence-corrected chi connectivity index (χ0v) is 17.4. The SMILES string of the molecule is Nc1ccc(C2=C3C=c4ccccc4=C3C(N)(N)C(C(F)(F)F)=C2c2ccc(N)cc2)cc1. The fraction of sp³-hybridized carbons (Fsp3) is 0.0769. The van der Waals surface area contributed by atoms with Gasteiger partial charge in [-0.05, 0) is 63.1 Å². The highest BCUT2D eigenvalue weighted by atomic mass is 19.4. The summed E-state index contributed by atoms with van der Waals surface area (Å²) in [5, 5.41) is 1.35. The van der Waals surface area contributed by atoms with Gasteiger partial charge in [-0.1, -0.05) is 48.5 Å². The van der Waals surface area contributed by atoms with Crippen molar-refractivity contribution in [2.75, 3.05) is 11.5 Å². The van der Waals surface area contributed by atoms with E-state index in [2.05, 4.69) is 0 Å². The minimum absolute atomic E-state index is 0.0694. The van der Waals surface area contributed by atoms with Crippen molar-refractivity contribution in [3.8, 4) is 0 Å². The molecule has 0 saturated heterocycles. The topological polar surface area (TPSA) is 104 Å². The van der Waals surface area contributed by atoms with Crippen LogP contribution in [0.4, 0.5) is 24.5 Å². The largest absolute Gasteiger partial charge is 0.416 e. The van der Waals surface area contributed by atoms with Gasteiger partial charge in [0.15, 0.2) is 0 Å². The number of fused-ring (bicyclic) bond motifs is 2. The molecule has 2 aliphatic rings. The van der Waals surface area contributed by atoms with Crippen LogP contribution in [0.1, 0.15) is 11.1 Å². The van der Waals surface area contributed by atoms with Gasteiger partial charge in [0.25, 0.3) is 0 Å². The second-order valence-electron chi connectivity index (χ2n) is 8.26. The van der Waals surface area contributed by atoms with Crippen LogP contribution in [-0.4, -0.2) is 11.8 Å². The first-order valence-corrected chi connectivity index (χ1v) is 10.3. The van der Waals surface area contributed by atoms with Gasteiger partial charge in [-0.15, -0.1) is 0 Å². The summed E-state index contributed by atoms with van der Waals surface area (Å²) in [4.78, 5) is 0. The van der Waals surface area contributed by atoms with Gasteiger partial charge in [-0.2, -0.15) is 13.2 Å². The lowest BCUT2D eigenvalue weighted by molar-refractivity contribution is -0.0973. The summed E-state index contributed by atoms with van der Waals surface area (Å²) < 4.78 is 44.2. The molecule has 5 rings (SSSR count). The summed E-state index contributed by atoms with van der Waals surface area (Å²) in [5.74, 6) is 0. The Hall–Kier alpha value is -3.81. The third-order valence-corrected chi connectivity index (χ3v) is 6.08. The minimum atomic E-state index is -4.80. The Morgan fingerprint density at radius 1 is 0.667 bits per heavy atom. The number of nitrogen functional groups attached to an aromatic ring is 2. The van der Waals surface area contributed by atoms with E-state index >= 15 is 0 Å². The molecule has 0 heterocycles. The van der Waals surface area contributed by atoms with Gasteiger partial charge in [-0.3, -0.25) is 0 Å². The van der Waals surface area contributed by atoms with E-state index in [-0.39, 0.29) is 11.1 Å². The lowest BCUT2D eigenvalue weighted by Gasteiger charge is -2.39. The first-order valence-electron chi connectivity index (χ1n) is 10.3. The Morgan fingerprint density at radius 3 is 1.73 bits per heavy atom. The van der Waals surface area contributed by atoms with Crippen molar-refractivity contribution >= 4 is 34.2 Å². The minimum Gasteiger partial charge on any atom is -0.399 e. The van der Waals surface area contributed by atoms with E-state index in [1.807, 2.05) is 18.2 Å². The molecule has 3 aromatic carbocycles. The number of benzene rings is 3. The van der Waals surface area contributed by atoms with E-state index in [9.17, 15) is 13.2 Å². The number of alkyl halides is 3. The summed E-state index contributed by atoms with van der Waals surface area (Å²) in [7, 11) is 0. The Kier molecular flexibility index (Phi) is 4.53. The number of nitrogens with two attached hydrogens (primary N) is 4. The summed E-state index contributed by atoms with van der Waals surface area (Å²) in [6.45, 7) is 0. The van der Waals surface area contributed by atoms with E-state index in [0.717, 1.165) is 5.22 Å². The normalized spacial score (nSPS) is 17.1. The fourth-order valence-corrected chi connectivity index (χ4v) is 4.72. The average Bonchev–Trinajstić information content (AvgIpc) is 3.14. The molecular weight excluding hydrogens is 425 g/mol. The van der Waals surface area contributed by atoms with Gasteiger partial charge in [-0.25, -0.2) is 0 Å². The number of hydrogen-bond donors (Lipinski definition) is 4. The zero-order valence-electron chi connectivity index (χ0n) is 17.4. The van der Waals surface area contributed by atoms with Crippen LogP contribution in [0.15, 0.2) is 83.9 Å². The molecule has 166 valence electrons. The molecule has 0 aromatic heterocycles. The Balaban J connectivity index is 1.99. The molecule has 8 N–H and O–H groups in total. The molecular formula is C26H21F3N4. The molecule has 4 nitrogen and oxygen atoms in total. The van der Waals surface area contributed by atoms with Crippen molar-refractivity contribution in [2.24, 2.45) is 11.5 Å². The smallest absolute Gasteiger partial charge is 0.399 e. The van der Waals surface area contributed by atoms with E-state index in [1.54, 1.807) is 60.7 Å². The van der Waals surface area contributed by atoms with E-state index in [1.165, 1.54) is 0 Å². The van der Waals surface area contributed by atoms with Crippen LogP contribution in [0.3, 0.4) is 0 Å². The van der Waals surface area contributed by atoms with Crippen molar-refractivity contribution in [2.45, 2.75) is 11.8 Å². The molecule has 2 aliphatic carbocycles. The van der Waals surface area contributed by atoms with Crippen LogP contribution in [-0.2, 0) is 0 Å². The molecule has 0 bridgehead atoms. The Morgan fingerprint density at radius 2 is 1.18 bits per heavy atom. The summed E-state index contributed by atoms with van der Waals surface area (Å²) in [6, 6.07) is 20.1. The van der Waals surface area contributed by atoms with E-state index in [0.29, 0.717) is 38.9 Å². The van der Waals surface area contributed by atoms with Crippen LogP contribution < -0.4 is 33.4 Å². The van der Waals surface area contributed by atoms with Crippen molar-refractivity contribution < 1.29 is 13.2 Å². The molecule has 0 atom stereocenters. The molecule has 0 aliphatic heterocycles. The monoisotopic (exact) mass is 446 g/mol. The third-order valence-electron chi connectivity index (χ3n) is 6.08. The van der Waals surface area contributed by atoms with Gasteiger partial charge in [0, 0.05) is 22.5 Å². The summed E-state index contributed by atoms with van der Waals surface area (Å²) >= 11 is 0. The molecule has 0 spiro atoms. The third kappa shape index (κ3) is 3.25. The highest BCUT2D eigenvalue weighted by molar-refractivity contribution is 6.19. The van der Waals surface area contributed by atoms with Crippen LogP contribution in [0.5, 0.6) is 0 Å². The molecule has 33 heavy (non-hydrogen) atoms. The molecule has 3 aromatic rings. The molecule has 0 fully saturated rings. The van der Waals surface area contributed by atoms with Crippen LogP contribution in [0.2, 0.25) is 0 Å². The van der Waals surface area contributed by atoms with E-state index < -0.39 is 17.4 Å². The highest BCUT2D eigenvalue weighted by Gasteiger charge is 2.53. The molecule has 0 unspecified atom stereocenters. The quantitative estimate of drug-likeness (QED) is 0.359. The standard InChI is InChI=1S/C26H21F3N4/c27-26(28,29)24-22(15-7-11-18(31)12-8-15)21(14-5-9-17(30)10-6-14)20-13-16-3-1-2-4-19(16)23(20)25(24,32)33/h1-13H,30-33H2.